The lowest BCUT2D eigenvalue weighted by Gasteiger charge is -2.43. The van der Waals surface area contributed by atoms with Crippen molar-refractivity contribution in [3.63, 3.8) is 0 Å². The molecule has 4 unspecified atom stereocenters. The van der Waals surface area contributed by atoms with E-state index < -0.39 is 83.5 Å². The number of phosphoric acid groups is 2. The molecule has 1 aliphatic carbocycles. The number of carbonyl (C=O) groups excluding carboxylic acids is 2. The molecule has 8 atom stereocenters. The fourth-order valence-corrected chi connectivity index (χ4v) is 6.68. The van der Waals surface area contributed by atoms with E-state index in [1.807, 2.05) is 5.92 Å². The second kappa shape index (κ2) is 30.4. The number of phosphoric ester groups is 2. The number of hydrogen-bond acceptors (Lipinski definition) is 14. The third-order valence-electron chi connectivity index (χ3n) is 7.90. The van der Waals surface area contributed by atoms with Gasteiger partial charge in [-0.15, -0.1) is 6.42 Å². The average molecular weight is 864 g/mol. The Kier molecular flexibility index (Phi) is 28.4. The number of hydrogen-bond donors (Lipinski definition) is 8. The van der Waals surface area contributed by atoms with Crippen LogP contribution < -0.4 is 6.15 Å². The summed E-state index contributed by atoms with van der Waals surface area (Å²) >= 11 is 0. The third kappa shape index (κ3) is 25.3. The Labute approximate surface area is 350 Å². The molecule has 19 heteroatoms. The van der Waals surface area contributed by atoms with Gasteiger partial charge in [-0.1, -0.05) is 84.0 Å². The number of aliphatic hydroxyl groups is 4. The van der Waals surface area contributed by atoms with Crippen molar-refractivity contribution in [2.45, 2.75) is 140 Å². The van der Waals surface area contributed by atoms with Gasteiger partial charge in [0, 0.05) is 28.0 Å². The number of ether oxygens (including phenoxy) is 2. The summed E-state index contributed by atoms with van der Waals surface area (Å²) in [5, 5.41) is 40.9. The van der Waals surface area contributed by atoms with E-state index in [1.165, 1.54) is 44.9 Å². The van der Waals surface area contributed by atoms with E-state index in [0.29, 0.717) is 6.42 Å². The van der Waals surface area contributed by atoms with Crippen LogP contribution in [0, 0.1) is 71.5 Å². The van der Waals surface area contributed by atoms with Crippen LogP contribution >= 0.6 is 15.6 Å². The molecule has 0 spiro atoms. The predicted octanol–water partition coefficient (Wildman–Crippen LogP) is 4.88. The van der Waals surface area contributed by atoms with Crippen molar-refractivity contribution < 1.29 is 92.6 Å². The first-order valence-corrected chi connectivity index (χ1v) is 21.1. The zero-order valence-corrected chi connectivity index (χ0v) is 33.6. The summed E-state index contributed by atoms with van der Waals surface area (Å²) in [6.45, 7) is 0.517. The first-order valence-electron chi connectivity index (χ1n) is 18.1. The molecule has 0 aromatic rings. The topological polar surface area (TPSA) is 291 Å². The summed E-state index contributed by atoms with van der Waals surface area (Å²) < 4.78 is 48.4. The molecule has 10 N–H and O–H groups in total. The highest BCUT2D eigenvalue weighted by Crippen LogP contribution is 2.49. The van der Waals surface area contributed by atoms with Crippen LogP contribution in [0.5, 0.6) is 0 Å². The normalized spacial score (nSPS) is 21.1. The van der Waals surface area contributed by atoms with Gasteiger partial charge in [-0.05, 0) is 65.6 Å². The summed E-state index contributed by atoms with van der Waals surface area (Å²) in [5.41, 5.74) is 0. The van der Waals surface area contributed by atoms with Crippen molar-refractivity contribution in [2.75, 3.05) is 13.2 Å². The Morgan fingerprint density at radius 2 is 1.11 bits per heavy atom. The van der Waals surface area contributed by atoms with Gasteiger partial charge in [0.05, 0.1) is 6.61 Å². The molecule has 0 saturated heterocycles. The van der Waals surface area contributed by atoms with E-state index in [2.05, 4.69) is 70.7 Å². The van der Waals surface area contributed by atoms with Crippen molar-refractivity contribution in [1.29, 1.82) is 0 Å². The first-order chi connectivity index (χ1) is 26.6. The number of aliphatic hydroxyl groups excluding tert-OH is 4. The number of carbonyl (C=O) groups is 2. The molecule has 1 saturated carbocycles. The van der Waals surface area contributed by atoms with Crippen molar-refractivity contribution in [3.8, 4) is 71.5 Å². The largest absolute Gasteiger partial charge is 0.472 e. The monoisotopic (exact) mass is 863 g/mol. The molecule has 1 aliphatic rings. The molecule has 0 amide bonds. The highest BCUT2D eigenvalue weighted by molar-refractivity contribution is 7.47. The molecule has 17 nitrogen and oxygen atoms in total. The van der Waals surface area contributed by atoms with Crippen LogP contribution in [0.15, 0.2) is 0 Å². The van der Waals surface area contributed by atoms with Gasteiger partial charge in [-0.3, -0.25) is 18.4 Å². The smallest absolute Gasteiger partial charge is 0.456 e. The molecule has 0 aromatic carbocycles. The maximum absolute atomic E-state index is 12.8. The molecule has 0 aromatic heterocycles. The molecule has 338 valence electrons. The Morgan fingerprint density at radius 3 is 1.60 bits per heavy atom. The third-order valence-corrected chi connectivity index (χ3v) is 9.41. The summed E-state index contributed by atoms with van der Waals surface area (Å²) in [5.74, 6) is 23.0. The van der Waals surface area contributed by atoms with E-state index in [0.717, 1.165) is 32.1 Å². The molecular formula is C38H75NO16P2. The molecule has 0 radical (unpaired) electrons. The van der Waals surface area contributed by atoms with Gasteiger partial charge in [-0.25, -0.2) is 13.9 Å². The summed E-state index contributed by atoms with van der Waals surface area (Å²) in [7, 11) is -10.8. The zero-order chi connectivity index (χ0) is 41.8. The zero-order valence-electron chi connectivity index (χ0n) is 31.8. The van der Waals surface area contributed by atoms with Crippen LogP contribution in [0.3, 0.4) is 0 Å². The minimum absolute atomic E-state index is 0. The Hall–Kier alpha value is -3.68. The minimum Gasteiger partial charge on any atom is -0.456 e. The lowest BCUT2D eigenvalue weighted by molar-refractivity contribution is -0.216. The van der Waals surface area contributed by atoms with Gasteiger partial charge < -0.3 is 50.7 Å². The minimum atomic E-state index is -5.39. The Balaban J connectivity index is -0.000000261. The maximum atomic E-state index is 12.8. The molecule has 1 fully saturated rings. The van der Waals surface area contributed by atoms with Crippen LogP contribution in [-0.4, -0.2) is 103 Å². The number of rotatable bonds is 24. The molecule has 1 rings (SSSR count). The van der Waals surface area contributed by atoms with Gasteiger partial charge in [0.1, 0.15) is 43.2 Å². The fraction of sp³-hybridized carbons (Fsp3) is 0.632. The fourth-order valence-electron chi connectivity index (χ4n) is 5.14. The number of esters is 2. The van der Waals surface area contributed by atoms with Gasteiger partial charge in [0.15, 0.2) is 6.10 Å². The second-order valence-corrected chi connectivity index (χ2v) is 15.1. The summed E-state index contributed by atoms with van der Waals surface area (Å²) in [6, 6.07) is 0. The van der Waals surface area contributed by atoms with E-state index in [1.54, 1.807) is 0 Å². The molecule has 57 heavy (non-hydrogen) atoms. The Bertz CT molecular complexity index is 1750. The summed E-state index contributed by atoms with van der Waals surface area (Å²) in [6.07, 6.45) is 3.86. The standard InChI is InChI=1S/C38H50O16P2.H3N.11H2/c1-3-5-7-9-11-13-15-16-17-19-21-23-25-27-32(40)52-30(28-50-31(39)26-24-22-20-18-14-12-10-8-6-4-2)29-51-56(48,49)54-38-35(43)33(41)34(42)37(36(38)44)53-55(45,46)47;;;;;;;;;;;;/h2,30,33-38,41-44H,3,5,7,9,11,13,15-17,19,21,23,25,27-29H2,1H3,(H,48,49)(H2,45,46,47);1H3;11*1H/t30-,33-,34+,35?,36+,37?,38?;;;;;;;;;;;;/m1............/s1. The van der Waals surface area contributed by atoms with E-state index in [4.69, 9.17) is 34.7 Å². The van der Waals surface area contributed by atoms with Gasteiger partial charge in [0.25, 0.3) is 0 Å². The number of terminal acetylenes is 1. The van der Waals surface area contributed by atoms with E-state index in [9.17, 15) is 44.0 Å². The van der Waals surface area contributed by atoms with Crippen molar-refractivity contribution in [1.82, 2.24) is 6.15 Å². The van der Waals surface area contributed by atoms with Crippen molar-refractivity contribution >= 4 is 27.6 Å². The van der Waals surface area contributed by atoms with Crippen LogP contribution in [-0.2, 0) is 41.8 Å². The lowest BCUT2D eigenvalue weighted by Crippen LogP contribution is -2.64. The lowest BCUT2D eigenvalue weighted by atomic mass is 9.85. The van der Waals surface area contributed by atoms with Crippen molar-refractivity contribution in [2.24, 2.45) is 0 Å². The van der Waals surface area contributed by atoms with Crippen LogP contribution in [0.1, 0.15) is 113 Å². The maximum Gasteiger partial charge on any atom is 0.472 e. The van der Waals surface area contributed by atoms with Gasteiger partial charge in [-0.2, -0.15) is 0 Å². The van der Waals surface area contributed by atoms with Gasteiger partial charge in [0.2, 0.25) is 0 Å². The first kappa shape index (κ1) is 53.3. The molecule has 0 aliphatic heterocycles. The molecular weight excluding hydrogens is 788 g/mol. The highest BCUT2D eigenvalue weighted by Gasteiger charge is 2.54. The average Bonchev–Trinajstić information content (AvgIpc) is 3.14. The van der Waals surface area contributed by atoms with Crippen LogP contribution in [0.4, 0.5) is 0 Å². The van der Waals surface area contributed by atoms with Crippen molar-refractivity contribution in [3.05, 3.63) is 0 Å². The van der Waals surface area contributed by atoms with Gasteiger partial charge >= 0.3 is 27.6 Å². The number of unbranched alkanes of at least 4 members (excludes halogenated alkanes) is 12. The van der Waals surface area contributed by atoms with E-state index >= 15 is 0 Å². The molecule has 0 heterocycles. The van der Waals surface area contributed by atoms with Crippen LogP contribution in [0.25, 0.3) is 0 Å². The SMILES string of the molecule is C#CC#CC#CC#CC#CC#CC(=O)OC[C@H](COP(=O)(O)OC1C(O)[C@H](O)[C@H](O)C(OP(=O)(O)O)[C@@H]1O)OC(=O)CCCCCCCCCCCCCCC.N.[HH].[HH].[HH].[HH].[HH].[HH].[HH].[HH].[HH].[HH].[HH]. The second-order valence-electron chi connectivity index (χ2n) is 12.5. The summed E-state index contributed by atoms with van der Waals surface area (Å²) in [4.78, 5) is 53.4. The molecule has 0 bridgehead atoms. The predicted molar refractivity (Wildman–Crippen MR) is 229 cm³/mol. The highest BCUT2D eigenvalue weighted by atomic mass is 31.2. The van der Waals surface area contributed by atoms with Crippen LogP contribution in [0.2, 0.25) is 0 Å². The Morgan fingerprint density at radius 1 is 0.649 bits per heavy atom. The van der Waals surface area contributed by atoms with E-state index in [-0.39, 0.29) is 28.3 Å². The quantitative estimate of drug-likeness (QED) is 0.0211.